The van der Waals surface area contributed by atoms with Gasteiger partial charge in [-0.2, -0.15) is 0 Å². The summed E-state index contributed by atoms with van der Waals surface area (Å²) in [5.74, 6) is -2.87. The molecular formula is C18H17BrF2N2O2. The van der Waals surface area contributed by atoms with E-state index in [2.05, 4.69) is 26.7 Å². The first-order valence-electron chi connectivity index (χ1n) is 7.48. The van der Waals surface area contributed by atoms with E-state index in [0.29, 0.717) is 5.69 Å². The Balaban J connectivity index is 2.32. The van der Waals surface area contributed by atoms with E-state index in [9.17, 15) is 13.6 Å². The zero-order valence-electron chi connectivity index (χ0n) is 13.7. The normalized spacial score (nSPS) is 10.9. The third kappa shape index (κ3) is 4.87. The van der Waals surface area contributed by atoms with Gasteiger partial charge in [-0.05, 0) is 49.7 Å². The molecule has 1 amide bonds. The Morgan fingerprint density at radius 3 is 2.72 bits per heavy atom. The fraction of sp³-hybridized carbons (Fsp3) is 0.167. The predicted octanol–water partition coefficient (Wildman–Crippen LogP) is 5.02. The molecule has 0 aliphatic heterocycles. The van der Waals surface area contributed by atoms with E-state index < -0.39 is 17.5 Å². The van der Waals surface area contributed by atoms with Crippen LogP contribution in [0.15, 0.2) is 47.0 Å². The predicted molar refractivity (Wildman–Crippen MR) is 96.8 cm³/mol. The Morgan fingerprint density at radius 1 is 1.28 bits per heavy atom. The van der Waals surface area contributed by atoms with E-state index >= 15 is 0 Å². The first kappa shape index (κ1) is 19.1. The van der Waals surface area contributed by atoms with E-state index in [4.69, 9.17) is 4.84 Å². The van der Waals surface area contributed by atoms with Gasteiger partial charge in [0.05, 0.1) is 17.9 Å². The van der Waals surface area contributed by atoms with E-state index in [0.717, 1.165) is 16.1 Å². The van der Waals surface area contributed by atoms with Crippen LogP contribution in [0.5, 0.6) is 0 Å². The second kappa shape index (κ2) is 8.73. The van der Waals surface area contributed by atoms with Crippen LogP contribution in [0.4, 0.5) is 20.2 Å². The van der Waals surface area contributed by atoms with Crippen LogP contribution in [0.25, 0.3) is 0 Å². The Hall–Kier alpha value is -2.25. The molecule has 7 heteroatoms. The first-order valence-corrected chi connectivity index (χ1v) is 8.27. The zero-order valence-corrected chi connectivity index (χ0v) is 15.3. The number of nitrogens with one attached hydrogen (secondary N) is 2. The van der Waals surface area contributed by atoms with Crippen molar-refractivity contribution in [3.8, 4) is 0 Å². The Morgan fingerprint density at radius 2 is 2.04 bits per heavy atom. The van der Waals surface area contributed by atoms with Crippen molar-refractivity contribution < 1.29 is 18.4 Å². The van der Waals surface area contributed by atoms with Gasteiger partial charge in [-0.15, -0.1) is 0 Å². The van der Waals surface area contributed by atoms with Crippen molar-refractivity contribution in [1.82, 2.24) is 5.48 Å². The lowest BCUT2D eigenvalue weighted by molar-refractivity contribution is 0.0421. The molecule has 132 valence electrons. The lowest BCUT2D eigenvalue weighted by atomic mass is 10.1. The maximum Gasteiger partial charge on any atom is 0.277 e. The molecule has 0 aromatic heterocycles. The van der Waals surface area contributed by atoms with Gasteiger partial charge < -0.3 is 5.32 Å². The number of allylic oxidation sites excluding steroid dienone is 1. The highest BCUT2D eigenvalue weighted by atomic mass is 79.9. The van der Waals surface area contributed by atoms with Crippen molar-refractivity contribution in [2.24, 2.45) is 0 Å². The summed E-state index contributed by atoms with van der Waals surface area (Å²) in [5.41, 5.74) is 3.24. The number of benzene rings is 2. The molecule has 4 nitrogen and oxygen atoms in total. The number of carbonyl (C=O) groups is 1. The average Bonchev–Trinajstić information content (AvgIpc) is 2.58. The molecule has 2 aromatic carbocycles. The van der Waals surface area contributed by atoms with Crippen molar-refractivity contribution in [3.05, 3.63) is 69.7 Å². The van der Waals surface area contributed by atoms with Crippen molar-refractivity contribution in [3.63, 3.8) is 0 Å². The fourth-order valence-electron chi connectivity index (χ4n) is 2.07. The summed E-state index contributed by atoms with van der Waals surface area (Å²) < 4.78 is 28.8. The highest BCUT2D eigenvalue weighted by molar-refractivity contribution is 9.10. The molecule has 2 N–H and O–H groups in total. The summed E-state index contributed by atoms with van der Waals surface area (Å²) in [6, 6.07) is 7.37. The number of aryl methyl sites for hydroxylation is 1. The van der Waals surface area contributed by atoms with Gasteiger partial charge in [0, 0.05) is 10.2 Å². The maximum atomic E-state index is 14.3. The van der Waals surface area contributed by atoms with Crippen LogP contribution in [0.1, 0.15) is 22.8 Å². The van der Waals surface area contributed by atoms with Crippen LogP contribution in [0, 0.1) is 18.6 Å². The number of hydrogen-bond acceptors (Lipinski definition) is 3. The summed E-state index contributed by atoms with van der Waals surface area (Å²) in [6.45, 7) is 3.79. The highest BCUT2D eigenvalue weighted by Crippen LogP contribution is 2.29. The standard InChI is InChI=1S/C18H17BrF2N2O2/c1-3-4-9-25-23-18(24)13-6-7-14(20)16(21)17(13)22-15-8-5-12(19)10-11(15)2/h3-8,10,22H,9H2,1-2H3,(H,23,24)/b4-3+. The third-order valence-electron chi connectivity index (χ3n) is 3.37. The average molecular weight is 411 g/mol. The third-order valence-corrected chi connectivity index (χ3v) is 3.86. The first-order chi connectivity index (χ1) is 11.9. The van der Waals surface area contributed by atoms with Crippen LogP contribution in [0.2, 0.25) is 0 Å². The van der Waals surface area contributed by atoms with Crippen LogP contribution in [-0.2, 0) is 4.84 Å². The number of hydroxylamine groups is 1. The van der Waals surface area contributed by atoms with E-state index in [-0.39, 0.29) is 17.9 Å². The molecule has 0 heterocycles. The summed E-state index contributed by atoms with van der Waals surface area (Å²) in [7, 11) is 0. The number of halogens is 3. The Kier molecular flexibility index (Phi) is 6.66. The zero-order chi connectivity index (χ0) is 18.4. The molecule has 0 aliphatic carbocycles. The molecule has 0 fully saturated rings. The van der Waals surface area contributed by atoms with Crippen molar-refractivity contribution in [2.45, 2.75) is 13.8 Å². The van der Waals surface area contributed by atoms with Gasteiger partial charge in [-0.25, -0.2) is 14.3 Å². The molecule has 0 radical (unpaired) electrons. The molecule has 25 heavy (non-hydrogen) atoms. The maximum absolute atomic E-state index is 14.3. The molecular weight excluding hydrogens is 394 g/mol. The fourth-order valence-corrected chi connectivity index (χ4v) is 2.55. The van der Waals surface area contributed by atoms with Gasteiger partial charge in [-0.1, -0.05) is 28.1 Å². The molecule has 0 aliphatic rings. The highest BCUT2D eigenvalue weighted by Gasteiger charge is 2.19. The van der Waals surface area contributed by atoms with Crippen LogP contribution in [0.3, 0.4) is 0 Å². The van der Waals surface area contributed by atoms with Gasteiger partial charge in [0.2, 0.25) is 0 Å². The topological polar surface area (TPSA) is 50.4 Å². The molecule has 0 unspecified atom stereocenters. The number of hydrogen-bond donors (Lipinski definition) is 2. The Labute approximate surface area is 153 Å². The van der Waals surface area contributed by atoms with Crippen LogP contribution >= 0.6 is 15.9 Å². The van der Waals surface area contributed by atoms with Crippen LogP contribution in [-0.4, -0.2) is 12.5 Å². The lowest BCUT2D eigenvalue weighted by Gasteiger charge is -2.15. The van der Waals surface area contributed by atoms with E-state index in [1.54, 1.807) is 24.3 Å². The molecule has 0 saturated heterocycles. The minimum atomic E-state index is -1.14. The molecule has 0 bridgehead atoms. The summed E-state index contributed by atoms with van der Waals surface area (Å²) in [6.07, 6.45) is 3.45. The lowest BCUT2D eigenvalue weighted by Crippen LogP contribution is -2.25. The largest absolute Gasteiger partial charge is 0.352 e. The van der Waals surface area contributed by atoms with Crippen molar-refractivity contribution in [1.29, 1.82) is 0 Å². The van der Waals surface area contributed by atoms with Gasteiger partial charge in [-0.3, -0.25) is 9.63 Å². The summed E-state index contributed by atoms with van der Waals surface area (Å²) in [4.78, 5) is 17.2. The van der Waals surface area contributed by atoms with Gasteiger partial charge in [0.25, 0.3) is 5.91 Å². The van der Waals surface area contributed by atoms with Crippen molar-refractivity contribution >= 4 is 33.2 Å². The van der Waals surface area contributed by atoms with Gasteiger partial charge in [0.1, 0.15) is 0 Å². The van der Waals surface area contributed by atoms with E-state index in [1.807, 2.05) is 19.9 Å². The monoisotopic (exact) mass is 410 g/mol. The smallest absolute Gasteiger partial charge is 0.277 e. The second-order valence-electron chi connectivity index (χ2n) is 5.18. The summed E-state index contributed by atoms with van der Waals surface area (Å²) >= 11 is 3.34. The molecule has 2 rings (SSSR count). The van der Waals surface area contributed by atoms with E-state index in [1.165, 1.54) is 6.07 Å². The SMILES string of the molecule is C/C=C/CONC(=O)c1ccc(F)c(F)c1Nc1ccc(Br)cc1C. The minimum absolute atomic E-state index is 0.0679. The van der Waals surface area contributed by atoms with Gasteiger partial charge in [0.15, 0.2) is 11.6 Å². The summed E-state index contributed by atoms with van der Waals surface area (Å²) in [5, 5.41) is 2.79. The number of anilines is 2. The Bertz CT molecular complexity index is 810. The van der Waals surface area contributed by atoms with Crippen molar-refractivity contribution in [2.75, 3.05) is 11.9 Å². The molecule has 2 aromatic rings. The molecule has 0 atom stereocenters. The number of amides is 1. The number of rotatable bonds is 6. The van der Waals surface area contributed by atoms with Gasteiger partial charge >= 0.3 is 0 Å². The second-order valence-corrected chi connectivity index (χ2v) is 6.10. The van der Waals surface area contributed by atoms with Crippen LogP contribution < -0.4 is 10.8 Å². The number of carbonyl (C=O) groups excluding carboxylic acids is 1. The molecule has 0 saturated carbocycles. The molecule has 0 spiro atoms. The minimum Gasteiger partial charge on any atom is -0.352 e. The quantitative estimate of drug-likeness (QED) is 0.399.